The van der Waals surface area contributed by atoms with Crippen LogP contribution in [0.3, 0.4) is 0 Å². The molecule has 1 aliphatic heterocycles. The molecule has 34 heavy (non-hydrogen) atoms. The largest absolute Gasteiger partial charge is 0.483 e. The number of esters is 2. The number of alkyl carbamates (subject to hydrolysis) is 1. The van der Waals surface area contributed by atoms with Crippen LogP contribution in [0.5, 0.6) is 5.75 Å². The summed E-state index contributed by atoms with van der Waals surface area (Å²) in [5.41, 5.74) is -0.773. The maximum atomic E-state index is 12.7. The normalized spacial score (nSPS) is 24.7. The fourth-order valence-electron chi connectivity index (χ4n) is 3.80. The van der Waals surface area contributed by atoms with Gasteiger partial charge in [0.2, 0.25) is 6.29 Å². The molecule has 1 heterocycles. The van der Waals surface area contributed by atoms with E-state index < -0.39 is 54.3 Å². The molecule has 9 nitrogen and oxygen atoms in total. The Balaban J connectivity index is 2.03. The van der Waals surface area contributed by atoms with E-state index in [1.54, 1.807) is 33.8 Å². The summed E-state index contributed by atoms with van der Waals surface area (Å²) in [6.07, 6.45) is -4.55. The molecule has 1 fully saturated rings. The Hall–Kier alpha value is -3.33. The first-order chi connectivity index (χ1) is 15.9. The third-order valence-electron chi connectivity index (χ3n) is 5.06. The monoisotopic (exact) mass is 473 g/mol. The number of hydrogen-bond donors (Lipinski definition) is 1. The number of rotatable bonds is 5. The number of amides is 1. The molecular formula is C25H31NO8. The second-order valence-electron chi connectivity index (χ2n) is 9.12. The van der Waals surface area contributed by atoms with Crippen molar-refractivity contribution in [2.75, 3.05) is 0 Å². The Labute approximate surface area is 198 Å². The Morgan fingerprint density at radius 3 is 2.21 bits per heavy atom. The smallest absolute Gasteiger partial charge is 0.408 e. The van der Waals surface area contributed by atoms with Crippen molar-refractivity contribution in [1.29, 1.82) is 0 Å². The Bertz CT molecular complexity index is 1040. The average molecular weight is 474 g/mol. The maximum Gasteiger partial charge on any atom is 0.408 e. The molecule has 0 bridgehead atoms. The Morgan fingerprint density at radius 2 is 1.56 bits per heavy atom. The average Bonchev–Trinajstić information content (AvgIpc) is 2.71. The van der Waals surface area contributed by atoms with Crippen LogP contribution in [0.2, 0.25) is 0 Å². The number of hydrogen-bond acceptors (Lipinski definition) is 8. The van der Waals surface area contributed by atoms with Gasteiger partial charge in [-0.1, -0.05) is 36.4 Å². The van der Waals surface area contributed by atoms with Gasteiger partial charge in [-0.25, -0.2) is 4.79 Å². The van der Waals surface area contributed by atoms with Crippen LogP contribution >= 0.6 is 0 Å². The second-order valence-corrected chi connectivity index (χ2v) is 9.12. The van der Waals surface area contributed by atoms with Crippen LogP contribution in [0, 0.1) is 0 Å². The molecule has 0 aliphatic carbocycles. The minimum atomic E-state index is -1.20. The van der Waals surface area contributed by atoms with Crippen molar-refractivity contribution in [3.8, 4) is 5.75 Å². The maximum absolute atomic E-state index is 12.7. The third kappa shape index (κ3) is 6.38. The lowest BCUT2D eigenvalue weighted by atomic mass is 9.96. The fraction of sp³-hybridized carbons (Fsp3) is 0.480. The Morgan fingerprint density at radius 1 is 0.912 bits per heavy atom. The van der Waals surface area contributed by atoms with Crippen molar-refractivity contribution in [1.82, 2.24) is 5.32 Å². The van der Waals surface area contributed by atoms with E-state index in [-0.39, 0.29) is 0 Å². The van der Waals surface area contributed by atoms with Crippen LogP contribution in [0.15, 0.2) is 42.5 Å². The van der Waals surface area contributed by atoms with Gasteiger partial charge in [0.15, 0.2) is 12.2 Å². The van der Waals surface area contributed by atoms with Crippen LogP contribution in [-0.2, 0) is 28.5 Å². The summed E-state index contributed by atoms with van der Waals surface area (Å²) in [5, 5.41) is 4.46. The van der Waals surface area contributed by atoms with Crippen molar-refractivity contribution in [2.45, 2.75) is 77.8 Å². The quantitative estimate of drug-likeness (QED) is 0.517. The summed E-state index contributed by atoms with van der Waals surface area (Å²) in [6, 6.07) is 12.1. The van der Waals surface area contributed by atoms with E-state index in [0.717, 1.165) is 10.8 Å². The highest BCUT2D eigenvalue weighted by Gasteiger charge is 2.50. The lowest BCUT2D eigenvalue weighted by molar-refractivity contribution is -0.253. The van der Waals surface area contributed by atoms with E-state index in [1.165, 1.54) is 13.8 Å². The summed E-state index contributed by atoms with van der Waals surface area (Å²) in [6.45, 7) is 9.35. The SMILES string of the molecule is CC(=O)O[C@H]1O[C@H](C)[C@H](OC(C)=O)[C@H](Oc2cccc3ccccc23)[C@H]1NC(=O)OC(C)(C)C. The molecule has 0 unspecified atom stereocenters. The highest BCUT2D eigenvalue weighted by atomic mass is 16.7. The third-order valence-corrected chi connectivity index (χ3v) is 5.06. The molecule has 0 aromatic heterocycles. The van der Waals surface area contributed by atoms with Gasteiger partial charge in [0.05, 0.1) is 6.10 Å². The van der Waals surface area contributed by atoms with Crippen molar-refractivity contribution in [3.05, 3.63) is 42.5 Å². The number of fused-ring (bicyclic) bond motifs is 1. The van der Waals surface area contributed by atoms with E-state index in [0.29, 0.717) is 5.75 Å². The second kappa shape index (κ2) is 10.3. The molecule has 1 saturated heterocycles. The van der Waals surface area contributed by atoms with Crippen LogP contribution < -0.4 is 10.1 Å². The molecule has 3 rings (SSSR count). The van der Waals surface area contributed by atoms with Crippen LogP contribution in [0.25, 0.3) is 10.8 Å². The summed E-state index contributed by atoms with van der Waals surface area (Å²) >= 11 is 0. The minimum absolute atomic E-state index is 0.506. The van der Waals surface area contributed by atoms with Gasteiger partial charge in [0.1, 0.15) is 17.4 Å². The highest BCUT2D eigenvalue weighted by Crippen LogP contribution is 2.32. The minimum Gasteiger partial charge on any atom is -0.483 e. The zero-order valence-corrected chi connectivity index (χ0v) is 20.2. The molecule has 0 spiro atoms. The molecule has 1 N–H and O–H groups in total. The molecule has 5 atom stereocenters. The van der Waals surface area contributed by atoms with Gasteiger partial charge in [-0.05, 0) is 39.1 Å². The lowest BCUT2D eigenvalue weighted by Gasteiger charge is -2.44. The lowest BCUT2D eigenvalue weighted by Crippen LogP contribution is -2.66. The summed E-state index contributed by atoms with van der Waals surface area (Å²) in [4.78, 5) is 36.4. The van der Waals surface area contributed by atoms with Crippen molar-refractivity contribution >= 4 is 28.8 Å². The van der Waals surface area contributed by atoms with Crippen LogP contribution in [-0.4, -0.2) is 54.3 Å². The summed E-state index contributed by atoms with van der Waals surface area (Å²) < 4.78 is 28.5. The summed E-state index contributed by atoms with van der Waals surface area (Å²) in [7, 11) is 0. The van der Waals surface area contributed by atoms with E-state index in [4.69, 9.17) is 23.7 Å². The van der Waals surface area contributed by atoms with Gasteiger partial charge in [-0.2, -0.15) is 0 Å². The number of carbonyl (C=O) groups is 3. The zero-order chi connectivity index (χ0) is 25.0. The molecule has 2 aromatic rings. The van der Waals surface area contributed by atoms with Gasteiger partial charge < -0.3 is 29.0 Å². The van der Waals surface area contributed by atoms with Gasteiger partial charge in [-0.15, -0.1) is 0 Å². The predicted molar refractivity (Wildman–Crippen MR) is 123 cm³/mol. The van der Waals surface area contributed by atoms with E-state index in [9.17, 15) is 14.4 Å². The molecular weight excluding hydrogens is 442 g/mol. The number of ether oxygens (including phenoxy) is 5. The van der Waals surface area contributed by atoms with Crippen LogP contribution in [0.1, 0.15) is 41.5 Å². The first-order valence-electron chi connectivity index (χ1n) is 11.1. The van der Waals surface area contributed by atoms with Gasteiger partial charge >= 0.3 is 18.0 Å². The molecule has 0 saturated carbocycles. The van der Waals surface area contributed by atoms with Gasteiger partial charge in [0.25, 0.3) is 0 Å². The van der Waals surface area contributed by atoms with Crippen molar-refractivity contribution < 1.29 is 38.1 Å². The van der Waals surface area contributed by atoms with E-state index >= 15 is 0 Å². The Kier molecular flexibility index (Phi) is 7.66. The van der Waals surface area contributed by atoms with E-state index in [1.807, 2.05) is 36.4 Å². The van der Waals surface area contributed by atoms with Crippen LogP contribution in [0.4, 0.5) is 4.79 Å². The molecule has 2 aromatic carbocycles. The highest BCUT2D eigenvalue weighted by molar-refractivity contribution is 5.88. The molecule has 1 amide bonds. The molecule has 184 valence electrons. The number of benzene rings is 2. The van der Waals surface area contributed by atoms with Gasteiger partial charge in [0, 0.05) is 19.2 Å². The molecule has 0 radical (unpaired) electrons. The van der Waals surface area contributed by atoms with Gasteiger partial charge in [-0.3, -0.25) is 9.59 Å². The predicted octanol–water partition coefficient (Wildman–Crippen LogP) is 3.72. The fourth-order valence-corrected chi connectivity index (χ4v) is 3.80. The number of carbonyl (C=O) groups excluding carboxylic acids is 3. The number of nitrogens with one attached hydrogen (secondary N) is 1. The first-order valence-corrected chi connectivity index (χ1v) is 11.1. The topological polar surface area (TPSA) is 109 Å². The zero-order valence-electron chi connectivity index (χ0n) is 20.2. The van der Waals surface area contributed by atoms with E-state index in [2.05, 4.69) is 5.32 Å². The molecule has 1 aliphatic rings. The first kappa shape index (κ1) is 25.3. The molecule has 9 heteroatoms. The standard InChI is InChI=1S/C25H31NO8/c1-14-21(31-15(2)27)22(33-19-13-9-11-17-10-7-8-12-18(17)19)20(23(30-14)32-16(3)28)26-24(29)34-25(4,5)6/h7-14,20-23H,1-6H3,(H,26,29)/t14-,20-,21+,22-,23-/m1/s1. The van der Waals surface area contributed by atoms with Crippen molar-refractivity contribution in [2.24, 2.45) is 0 Å². The summed E-state index contributed by atoms with van der Waals surface area (Å²) in [5.74, 6) is -0.649. The van der Waals surface area contributed by atoms with Crippen molar-refractivity contribution in [3.63, 3.8) is 0 Å².